The smallest absolute Gasteiger partial charge is 0.315 e. The lowest BCUT2D eigenvalue weighted by Crippen LogP contribution is -2.36. The van der Waals surface area contributed by atoms with Crippen LogP contribution in [-0.4, -0.2) is 158 Å². The average Bonchev–Trinajstić information content (AvgIpc) is 3.89. The molecule has 3 atom stereocenters. The van der Waals surface area contributed by atoms with E-state index in [4.69, 9.17) is 48.7 Å². The summed E-state index contributed by atoms with van der Waals surface area (Å²) >= 11 is 1.88. The minimum absolute atomic E-state index is 0.00805. The molecule has 23 heteroatoms. The number of rotatable bonds is 36. The summed E-state index contributed by atoms with van der Waals surface area (Å²) in [5, 5.41) is 12.1. The SMILES string of the molecule is C#Cc1cc(OC)c(C#Cc2cc(OCCCS(=O)(=O)O)ccc2OCCCS(=O)(=O)O)cc1OCCCCCCC(=O)NCCOCCOCCOCCNC(=O)CCCC[C@@H]1SC[C@@H]2NC(=O)N[C@@H]21. The first-order valence-corrected chi connectivity index (χ1v) is 28.0. The number of benzene rings is 2. The number of amides is 4. The van der Waals surface area contributed by atoms with Crippen LogP contribution >= 0.6 is 11.8 Å². The van der Waals surface area contributed by atoms with E-state index in [1.807, 2.05) is 11.8 Å². The van der Waals surface area contributed by atoms with Crippen molar-refractivity contribution in [2.75, 3.05) is 96.9 Å². The van der Waals surface area contributed by atoms with Gasteiger partial charge in [-0.25, -0.2) is 4.79 Å². The largest absolute Gasteiger partial charge is 0.495 e. The molecule has 0 aromatic heterocycles. The Kier molecular flexibility index (Phi) is 26.5. The van der Waals surface area contributed by atoms with Crippen LogP contribution in [0, 0.1) is 24.2 Å². The third-order valence-electron chi connectivity index (χ3n) is 10.9. The van der Waals surface area contributed by atoms with Crippen LogP contribution in [0.3, 0.4) is 0 Å². The number of carbonyl (C=O) groups excluding carboxylic acids is 3. The highest BCUT2D eigenvalue weighted by Gasteiger charge is 2.42. The van der Waals surface area contributed by atoms with Gasteiger partial charge in [-0.1, -0.05) is 37.0 Å². The lowest BCUT2D eigenvalue weighted by Gasteiger charge is -2.16. The van der Waals surface area contributed by atoms with Gasteiger partial charge >= 0.3 is 6.03 Å². The van der Waals surface area contributed by atoms with Gasteiger partial charge in [-0.3, -0.25) is 18.7 Å². The molecule has 2 aromatic carbocycles. The van der Waals surface area contributed by atoms with E-state index in [9.17, 15) is 31.2 Å². The van der Waals surface area contributed by atoms with Gasteiger partial charge in [0.1, 0.15) is 23.0 Å². The number of urea groups is 1. The monoisotopic (exact) mass is 1050 g/mol. The third kappa shape index (κ3) is 24.3. The Morgan fingerprint density at radius 3 is 1.85 bits per heavy atom. The van der Waals surface area contributed by atoms with Crippen LogP contribution in [0.25, 0.3) is 0 Å². The van der Waals surface area contributed by atoms with Crippen molar-refractivity contribution >= 4 is 49.8 Å². The highest BCUT2D eigenvalue weighted by Crippen LogP contribution is 2.33. The molecule has 0 radical (unpaired) electrons. The van der Waals surface area contributed by atoms with Crippen molar-refractivity contribution in [1.29, 1.82) is 0 Å². The summed E-state index contributed by atoms with van der Waals surface area (Å²) in [6.45, 7) is 3.47. The number of fused-ring (bicyclic) bond motifs is 1. The summed E-state index contributed by atoms with van der Waals surface area (Å²) < 4.78 is 102. The predicted octanol–water partition coefficient (Wildman–Crippen LogP) is 3.73. The molecule has 0 bridgehead atoms. The van der Waals surface area contributed by atoms with Crippen molar-refractivity contribution in [3.05, 3.63) is 47.0 Å². The van der Waals surface area contributed by atoms with Crippen molar-refractivity contribution < 1.29 is 73.5 Å². The van der Waals surface area contributed by atoms with E-state index in [1.165, 1.54) is 7.11 Å². The molecule has 2 fully saturated rings. The number of hydrogen-bond donors (Lipinski definition) is 6. The fourth-order valence-electron chi connectivity index (χ4n) is 7.31. The van der Waals surface area contributed by atoms with Crippen LogP contribution in [-0.2, 0) is 44.0 Å². The molecule has 2 aromatic rings. The molecule has 71 heavy (non-hydrogen) atoms. The van der Waals surface area contributed by atoms with Crippen LogP contribution in [0.5, 0.6) is 23.0 Å². The highest BCUT2D eigenvalue weighted by molar-refractivity contribution is 8.00. The normalized spacial score (nSPS) is 16.1. The van der Waals surface area contributed by atoms with Crippen molar-refractivity contribution in [3.8, 4) is 47.2 Å². The van der Waals surface area contributed by atoms with Crippen LogP contribution in [0.2, 0.25) is 0 Å². The maximum absolute atomic E-state index is 12.3. The van der Waals surface area contributed by atoms with Crippen molar-refractivity contribution in [3.63, 3.8) is 0 Å². The fourth-order valence-corrected chi connectivity index (χ4v) is 9.82. The van der Waals surface area contributed by atoms with E-state index in [0.717, 1.165) is 37.9 Å². The Morgan fingerprint density at radius 2 is 1.23 bits per heavy atom. The Bertz CT molecular complexity index is 2340. The van der Waals surface area contributed by atoms with Crippen LogP contribution in [0.4, 0.5) is 4.79 Å². The lowest BCUT2D eigenvalue weighted by molar-refractivity contribution is -0.122. The van der Waals surface area contributed by atoms with Gasteiger partial charge in [0, 0.05) is 49.1 Å². The maximum atomic E-state index is 12.3. The predicted molar refractivity (Wildman–Crippen MR) is 267 cm³/mol. The summed E-state index contributed by atoms with van der Waals surface area (Å²) in [7, 11) is -6.85. The second-order valence-electron chi connectivity index (χ2n) is 16.5. The Hall–Kier alpha value is -4.98. The van der Waals surface area contributed by atoms with E-state index in [2.05, 4.69) is 39.0 Å². The molecule has 2 aliphatic heterocycles. The summed E-state index contributed by atoms with van der Waals surface area (Å²) in [4.78, 5) is 36.0. The van der Waals surface area contributed by atoms with Crippen molar-refractivity contribution in [2.45, 2.75) is 88.0 Å². The molecule has 6 N–H and O–H groups in total. The van der Waals surface area contributed by atoms with E-state index < -0.39 is 31.7 Å². The van der Waals surface area contributed by atoms with Crippen molar-refractivity contribution in [1.82, 2.24) is 21.3 Å². The van der Waals surface area contributed by atoms with Gasteiger partial charge in [0.05, 0.1) is 107 Å². The molecule has 394 valence electrons. The summed E-state index contributed by atoms with van der Waals surface area (Å²) in [6, 6.07) is 8.32. The van der Waals surface area contributed by atoms with E-state index in [1.54, 1.807) is 30.3 Å². The van der Waals surface area contributed by atoms with Gasteiger partial charge in [-0.2, -0.15) is 28.6 Å². The lowest BCUT2D eigenvalue weighted by atomic mass is 10.0. The number of terminal acetylenes is 1. The number of ether oxygens (including phenoxy) is 7. The maximum Gasteiger partial charge on any atom is 0.315 e. The molecular weight excluding hydrogens is 985 g/mol. The number of unbranched alkanes of at least 4 members (excludes halogenated alkanes) is 4. The van der Waals surface area contributed by atoms with Gasteiger partial charge in [0.25, 0.3) is 20.2 Å². The average molecular weight is 1050 g/mol. The fraction of sp³-hybridized carbons (Fsp3) is 0.604. The molecule has 0 aliphatic carbocycles. The standard InChI is InChI=1S/C48H68N4O16S3/c1-3-36-33-42(62-2)38(16-15-37-32-39(66-22-10-30-70(56,57)58)17-18-41(37)67-23-11-31-71(59,60)61)34-43(36)68-21-9-5-4-6-13-45(53)49-19-24-63-26-28-65-29-27-64-25-20-50-46(54)14-8-7-12-44-47-40(35-69-44)51-48(55)52-47/h1,17-18,32-34,40,44,47H,4-14,19-31,35H2,2H3,(H,49,53)(H,50,54)(H2,51,52,55)(H,56,57,58)(H,59,60,61)/t40-,44-,47-/m0/s1. The number of nitrogens with one attached hydrogen (secondary N) is 4. The summed E-state index contributed by atoms with van der Waals surface area (Å²) in [6.07, 6.45) is 12.5. The zero-order valence-electron chi connectivity index (χ0n) is 40.2. The van der Waals surface area contributed by atoms with Gasteiger partial charge in [0.2, 0.25) is 11.8 Å². The van der Waals surface area contributed by atoms with E-state index in [0.29, 0.717) is 130 Å². The number of hydrogen-bond acceptors (Lipinski definition) is 15. The molecule has 0 unspecified atom stereocenters. The second kappa shape index (κ2) is 32.2. The first-order chi connectivity index (χ1) is 34.1. The van der Waals surface area contributed by atoms with E-state index >= 15 is 0 Å². The molecule has 4 amide bonds. The quantitative estimate of drug-likeness (QED) is 0.0246. The molecule has 20 nitrogen and oxygen atoms in total. The number of carbonyl (C=O) groups is 3. The minimum Gasteiger partial charge on any atom is -0.495 e. The summed E-state index contributed by atoms with van der Waals surface area (Å²) in [5.74, 6) is 10.0. The first-order valence-electron chi connectivity index (χ1n) is 23.7. The zero-order valence-corrected chi connectivity index (χ0v) is 42.7. The molecule has 2 aliphatic rings. The van der Waals surface area contributed by atoms with Crippen molar-refractivity contribution in [2.24, 2.45) is 0 Å². The molecule has 2 heterocycles. The molecule has 0 spiro atoms. The van der Waals surface area contributed by atoms with Gasteiger partial charge in [0.15, 0.2) is 0 Å². The molecular formula is C48H68N4O16S3. The molecule has 0 saturated carbocycles. The zero-order chi connectivity index (χ0) is 51.3. The Labute approximate surface area is 421 Å². The molecule has 2 saturated heterocycles. The topological polar surface area (TPSA) is 273 Å². The number of thioether (sulfide) groups is 1. The Morgan fingerprint density at radius 1 is 0.676 bits per heavy atom. The van der Waals surface area contributed by atoms with E-state index in [-0.39, 0.29) is 56.0 Å². The van der Waals surface area contributed by atoms with Crippen LogP contribution < -0.4 is 40.2 Å². The minimum atomic E-state index is -4.17. The first kappa shape index (κ1) is 58.6. The van der Waals surface area contributed by atoms with Gasteiger partial charge in [-0.05, 0) is 56.7 Å². The third-order valence-corrected chi connectivity index (χ3v) is 14.0. The molecule has 4 rings (SSSR count). The van der Waals surface area contributed by atoms with Gasteiger partial charge in [-0.15, -0.1) is 6.42 Å². The second-order valence-corrected chi connectivity index (χ2v) is 20.9. The highest BCUT2D eigenvalue weighted by atomic mass is 32.2. The van der Waals surface area contributed by atoms with Gasteiger partial charge < -0.3 is 54.4 Å². The Balaban J connectivity index is 1.04. The van der Waals surface area contributed by atoms with Crippen LogP contribution in [0.15, 0.2) is 30.3 Å². The number of methoxy groups -OCH3 is 1. The summed E-state index contributed by atoms with van der Waals surface area (Å²) in [5.41, 5.74) is 1.25. The van der Waals surface area contributed by atoms with Crippen LogP contribution in [0.1, 0.15) is 87.3 Å².